The van der Waals surface area contributed by atoms with Crippen molar-refractivity contribution in [2.75, 3.05) is 5.32 Å². The highest BCUT2D eigenvalue weighted by Crippen LogP contribution is 2.07. The number of benzene rings is 1. The summed E-state index contributed by atoms with van der Waals surface area (Å²) in [5, 5.41) is 7.06. The molecule has 0 saturated carbocycles. The minimum Gasteiger partial charge on any atom is -0.359 e. The van der Waals surface area contributed by atoms with Crippen molar-refractivity contribution < 1.29 is 0 Å². The van der Waals surface area contributed by atoms with Gasteiger partial charge in [0.1, 0.15) is 0 Å². The molecule has 0 saturated heterocycles. The number of hydrogen-bond donors (Lipinski definition) is 4. The van der Waals surface area contributed by atoms with E-state index in [0.717, 1.165) is 5.69 Å². The Kier molecular flexibility index (Phi) is 5.80. The zero-order valence-corrected chi connectivity index (χ0v) is 12.3. The van der Waals surface area contributed by atoms with Crippen LogP contribution in [0.3, 0.4) is 0 Å². The molecule has 6 heteroatoms. The van der Waals surface area contributed by atoms with Crippen LogP contribution in [0, 0.1) is 6.92 Å². The molecule has 18 heavy (non-hydrogen) atoms. The third-order valence-electron chi connectivity index (χ3n) is 2.02. The fourth-order valence-electron chi connectivity index (χ4n) is 1.21. The van der Waals surface area contributed by atoms with Crippen LogP contribution >= 0.6 is 24.4 Å². The Bertz CT molecular complexity index is 415. The van der Waals surface area contributed by atoms with Crippen molar-refractivity contribution in [3.05, 3.63) is 29.8 Å². The average molecular weight is 282 g/mol. The fourth-order valence-corrected chi connectivity index (χ4v) is 1.67. The topological polar surface area (TPSA) is 48.1 Å². The Hall–Kier alpha value is -1.40. The van der Waals surface area contributed by atoms with E-state index in [9.17, 15) is 0 Å². The van der Waals surface area contributed by atoms with Gasteiger partial charge in [0, 0.05) is 11.7 Å². The fraction of sp³-hybridized carbons (Fsp3) is 0.333. The molecule has 1 aromatic carbocycles. The largest absolute Gasteiger partial charge is 0.359 e. The van der Waals surface area contributed by atoms with E-state index >= 15 is 0 Å². The summed E-state index contributed by atoms with van der Waals surface area (Å²) in [5.41, 5.74) is 7.77. The monoisotopic (exact) mass is 282 g/mol. The second-order valence-electron chi connectivity index (χ2n) is 4.20. The van der Waals surface area contributed by atoms with E-state index in [0.29, 0.717) is 10.2 Å². The van der Waals surface area contributed by atoms with Gasteiger partial charge in [-0.2, -0.15) is 0 Å². The predicted octanol–water partition coefficient (Wildman–Crippen LogP) is 2.07. The molecule has 98 valence electrons. The summed E-state index contributed by atoms with van der Waals surface area (Å²) >= 11 is 10.2. The van der Waals surface area contributed by atoms with E-state index in [2.05, 4.69) is 21.5 Å². The Morgan fingerprint density at radius 2 is 1.56 bits per heavy atom. The number of thiocarbonyl (C=S) groups is 2. The average Bonchev–Trinajstić information content (AvgIpc) is 2.29. The first-order chi connectivity index (χ1) is 8.47. The van der Waals surface area contributed by atoms with Crippen LogP contribution in [0.25, 0.3) is 0 Å². The number of hydrogen-bond acceptors (Lipinski definition) is 2. The van der Waals surface area contributed by atoms with E-state index in [1.807, 2.05) is 45.0 Å². The maximum Gasteiger partial charge on any atom is 0.189 e. The normalized spacial score (nSPS) is 9.78. The summed E-state index contributed by atoms with van der Waals surface area (Å²) in [5.74, 6) is 0. The molecule has 0 amide bonds. The van der Waals surface area contributed by atoms with Crippen molar-refractivity contribution in [2.45, 2.75) is 26.8 Å². The SMILES string of the molecule is Cc1ccc(NC(=S)NNC(=S)NC(C)C)cc1. The third-order valence-corrected chi connectivity index (χ3v) is 2.44. The molecular weight excluding hydrogens is 264 g/mol. The maximum absolute atomic E-state index is 5.13. The number of hydrazine groups is 1. The number of nitrogens with one attached hydrogen (secondary N) is 4. The maximum atomic E-state index is 5.13. The summed E-state index contributed by atoms with van der Waals surface area (Å²) in [6, 6.07) is 8.25. The Morgan fingerprint density at radius 1 is 1.00 bits per heavy atom. The molecule has 0 heterocycles. The van der Waals surface area contributed by atoms with Gasteiger partial charge < -0.3 is 10.6 Å². The van der Waals surface area contributed by atoms with Gasteiger partial charge >= 0.3 is 0 Å². The van der Waals surface area contributed by atoms with Gasteiger partial charge in [0.25, 0.3) is 0 Å². The number of rotatable bonds is 2. The lowest BCUT2D eigenvalue weighted by atomic mass is 10.2. The quantitative estimate of drug-likeness (QED) is 0.492. The number of anilines is 1. The molecule has 0 radical (unpaired) electrons. The highest BCUT2D eigenvalue weighted by molar-refractivity contribution is 7.80. The molecule has 0 atom stereocenters. The summed E-state index contributed by atoms with van der Waals surface area (Å²) in [7, 11) is 0. The van der Waals surface area contributed by atoms with Crippen molar-refractivity contribution in [2.24, 2.45) is 0 Å². The summed E-state index contributed by atoms with van der Waals surface area (Å²) in [4.78, 5) is 0. The van der Waals surface area contributed by atoms with Crippen molar-refractivity contribution in [1.29, 1.82) is 0 Å². The molecule has 0 aromatic heterocycles. The van der Waals surface area contributed by atoms with Crippen molar-refractivity contribution in [3.63, 3.8) is 0 Å². The first-order valence-electron chi connectivity index (χ1n) is 5.67. The predicted molar refractivity (Wildman–Crippen MR) is 84.5 cm³/mol. The van der Waals surface area contributed by atoms with E-state index in [4.69, 9.17) is 24.4 Å². The van der Waals surface area contributed by atoms with Gasteiger partial charge in [0.05, 0.1) is 0 Å². The lowest BCUT2D eigenvalue weighted by Gasteiger charge is -2.15. The van der Waals surface area contributed by atoms with Gasteiger partial charge in [-0.15, -0.1) is 0 Å². The zero-order chi connectivity index (χ0) is 13.5. The summed E-state index contributed by atoms with van der Waals surface area (Å²) < 4.78 is 0. The van der Waals surface area contributed by atoms with E-state index in [1.54, 1.807) is 0 Å². The molecule has 1 aromatic rings. The molecule has 0 unspecified atom stereocenters. The standard InChI is InChI=1S/C12H18N4S2/c1-8(2)13-11(17)15-16-12(18)14-10-6-4-9(3)5-7-10/h4-8H,1-3H3,(H2,13,15,17)(H2,14,16,18). The van der Waals surface area contributed by atoms with Gasteiger partial charge in [0.15, 0.2) is 10.2 Å². The molecule has 0 aliphatic carbocycles. The minimum absolute atomic E-state index is 0.283. The highest BCUT2D eigenvalue weighted by Gasteiger charge is 1.99. The second-order valence-corrected chi connectivity index (χ2v) is 5.01. The van der Waals surface area contributed by atoms with Crippen LogP contribution in [-0.4, -0.2) is 16.3 Å². The van der Waals surface area contributed by atoms with E-state index in [-0.39, 0.29) is 6.04 Å². The van der Waals surface area contributed by atoms with E-state index in [1.165, 1.54) is 5.56 Å². The molecule has 0 fully saturated rings. The van der Waals surface area contributed by atoms with Crippen molar-refractivity contribution in [3.8, 4) is 0 Å². The summed E-state index contributed by atoms with van der Waals surface area (Å²) in [6.07, 6.45) is 0. The molecule has 0 aliphatic heterocycles. The van der Waals surface area contributed by atoms with Gasteiger partial charge in [-0.1, -0.05) is 17.7 Å². The van der Waals surface area contributed by atoms with Gasteiger partial charge in [0.2, 0.25) is 0 Å². The van der Waals surface area contributed by atoms with Gasteiger partial charge in [-0.3, -0.25) is 10.9 Å². The third kappa shape index (κ3) is 5.79. The van der Waals surface area contributed by atoms with Crippen LogP contribution in [0.5, 0.6) is 0 Å². The smallest absolute Gasteiger partial charge is 0.189 e. The first kappa shape index (κ1) is 14.7. The van der Waals surface area contributed by atoms with Crippen LogP contribution < -0.4 is 21.5 Å². The van der Waals surface area contributed by atoms with Crippen LogP contribution in [0.4, 0.5) is 5.69 Å². The summed E-state index contributed by atoms with van der Waals surface area (Å²) in [6.45, 7) is 6.06. The highest BCUT2D eigenvalue weighted by atomic mass is 32.1. The minimum atomic E-state index is 0.283. The van der Waals surface area contributed by atoms with Crippen molar-refractivity contribution in [1.82, 2.24) is 16.2 Å². The lowest BCUT2D eigenvalue weighted by Crippen LogP contribution is -2.49. The first-order valence-corrected chi connectivity index (χ1v) is 6.49. The molecular formula is C12H18N4S2. The Labute approximate surface area is 119 Å². The molecule has 0 bridgehead atoms. The molecule has 4 nitrogen and oxygen atoms in total. The molecule has 4 N–H and O–H groups in total. The van der Waals surface area contributed by atoms with Gasteiger partial charge in [-0.05, 0) is 57.3 Å². The van der Waals surface area contributed by atoms with Gasteiger partial charge in [-0.25, -0.2) is 0 Å². The van der Waals surface area contributed by atoms with E-state index < -0.39 is 0 Å². The lowest BCUT2D eigenvalue weighted by molar-refractivity contribution is 0.705. The Morgan fingerprint density at radius 3 is 2.11 bits per heavy atom. The second kappa shape index (κ2) is 7.13. The van der Waals surface area contributed by atoms with Crippen LogP contribution in [0.2, 0.25) is 0 Å². The molecule has 1 rings (SSSR count). The van der Waals surface area contributed by atoms with Crippen LogP contribution in [0.1, 0.15) is 19.4 Å². The molecule has 0 aliphatic rings. The zero-order valence-electron chi connectivity index (χ0n) is 10.7. The Balaban J connectivity index is 2.34. The van der Waals surface area contributed by atoms with Crippen LogP contribution in [-0.2, 0) is 0 Å². The van der Waals surface area contributed by atoms with Crippen LogP contribution in [0.15, 0.2) is 24.3 Å². The molecule has 0 spiro atoms. The van der Waals surface area contributed by atoms with Crippen molar-refractivity contribution >= 4 is 40.3 Å². The number of aryl methyl sites for hydroxylation is 1.